The summed E-state index contributed by atoms with van der Waals surface area (Å²) in [6.07, 6.45) is 5.90. The Morgan fingerprint density at radius 1 is 1.11 bits per heavy atom. The van der Waals surface area contributed by atoms with Crippen molar-refractivity contribution in [3.8, 4) is 5.75 Å². The van der Waals surface area contributed by atoms with Crippen molar-refractivity contribution in [1.82, 2.24) is 5.32 Å². The van der Waals surface area contributed by atoms with Crippen molar-refractivity contribution in [1.29, 1.82) is 0 Å². The predicted octanol–water partition coefficient (Wildman–Crippen LogP) is 4.37. The van der Waals surface area contributed by atoms with Crippen LogP contribution < -0.4 is 15.0 Å². The van der Waals surface area contributed by atoms with Crippen molar-refractivity contribution in [2.24, 2.45) is 0 Å². The van der Waals surface area contributed by atoms with E-state index >= 15 is 0 Å². The van der Waals surface area contributed by atoms with Gasteiger partial charge >= 0.3 is 0 Å². The Morgan fingerprint density at radius 3 is 2.61 bits per heavy atom. The Labute approximate surface area is 168 Å². The minimum atomic E-state index is -0.437. The van der Waals surface area contributed by atoms with Crippen LogP contribution in [0, 0.1) is 0 Å². The summed E-state index contributed by atoms with van der Waals surface area (Å²) >= 11 is 0. The minimum Gasteiger partial charge on any atom is -0.481 e. The Morgan fingerprint density at radius 2 is 1.86 bits per heavy atom. The van der Waals surface area contributed by atoms with Crippen molar-refractivity contribution < 1.29 is 9.53 Å². The standard InChI is InChI=1S/C24H32N2O2/c1-3-23(28-22-15-14-19-10-7-8-11-20(19)18-22)24(27)25-16-9-17-26(2)21-12-5-4-6-13-21/h4-6,12-15,18,23H,3,7-11,16-17H2,1-2H3,(H,25,27)/t23-/m0/s1. The van der Waals surface area contributed by atoms with E-state index in [4.69, 9.17) is 4.74 Å². The summed E-state index contributed by atoms with van der Waals surface area (Å²) in [5, 5.41) is 3.03. The zero-order valence-corrected chi connectivity index (χ0v) is 17.1. The predicted molar refractivity (Wildman–Crippen MR) is 115 cm³/mol. The SMILES string of the molecule is CC[C@H](Oc1ccc2c(c1)CCCC2)C(=O)NCCCN(C)c1ccccc1. The van der Waals surface area contributed by atoms with Gasteiger partial charge in [-0.1, -0.05) is 31.2 Å². The van der Waals surface area contributed by atoms with Crippen LogP contribution in [0.2, 0.25) is 0 Å². The molecule has 0 unspecified atom stereocenters. The van der Waals surface area contributed by atoms with Crippen molar-refractivity contribution >= 4 is 11.6 Å². The molecular formula is C24H32N2O2. The molecule has 0 saturated carbocycles. The van der Waals surface area contributed by atoms with Gasteiger partial charge in [0.15, 0.2) is 6.10 Å². The lowest BCUT2D eigenvalue weighted by Crippen LogP contribution is -2.39. The zero-order chi connectivity index (χ0) is 19.8. The highest BCUT2D eigenvalue weighted by Gasteiger charge is 2.19. The van der Waals surface area contributed by atoms with E-state index in [1.807, 2.05) is 31.2 Å². The molecular weight excluding hydrogens is 348 g/mol. The number of hydrogen-bond acceptors (Lipinski definition) is 3. The maximum Gasteiger partial charge on any atom is 0.261 e. The fourth-order valence-corrected chi connectivity index (χ4v) is 3.72. The molecule has 1 aliphatic carbocycles. The highest BCUT2D eigenvalue weighted by atomic mass is 16.5. The summed E-state index contributed by atoms with van der Waals surface area (Å²) in [5.41, 5.74) is 4.00. The molecule has 2 aromatic rings. The van der Waals surface area contributed by atoms with E-state index in [1.54, 1.807) is 0 Å². The van der Waals surface area contributed by atoms with Gasteiger partial charge in [-0.05, 0) is 73.9 Å². The van der Waals surface area contributed by atoms with Crippen LogP contribution in [-0.4, -0.2) is 32.1 Å². The molecule has 150 valence electrons. The number of aryl methyl sites for hydroxylation is 2. The van der Waals surface area contributed by atoms with Gasteiger partial charge in [0.05, 0.1) is 0 Å². The molecule has 0 fully saturated rings. The van der Waals surface area contributed by atoms with E-state index < -0.39 is 6.10 Å². The quantitative estimate of drug-likeness (QED) is 0.657. The van der Waals surface area contributed by atoms with E-state index in [2.05, 4.69) is 41.5 Å². The molecule has 4 heteroatoms. The number of fused-ring (bicyclic) bond motifs is 1. The maximum absolute atomic E-state index is 12.5. The summed E-state index contributed by atoms with van der Waals surface area (Å²) in [6, 6.07) is 16.6. The number of anilines is 1. The number of nitrogens with zero attached hydrogens (tertiary/aromatic N) is 1. The molecule has 3 rings (SSSR count). The third-order valence-electron chi connectivity index (χ3n) is 5.43. The number of ether oxygens (including phenoxy) is 1. The molecule has 0 aromatic heterocycles. The fourth-order valence-electron chi connectivity index (χ4n) is 3.72. The normalized spacial score (nSPS) is 14.1. The van der Waals surface area contributed by atoms with Crippen molar-refractivity contribution in [3.63, 3.8) is 0 Å². The second kappa shape index (κ2) is 10.2. The van der Waals surface area contributed by atoms with Crippen LogP contribution in [-0.2, 0) is 17.6 Å². The van der Waals surface area contributed by atoms with Crippen molar-refractivity contribution in [2.45, 2.75) is 51.6 Å². The number of carbonyl (C=O) groups is 1. The van der Waals surface area contributed by atoms with Crippen LogP contribution >= 0.6 is 0 Å². The number of benzene rings is 2. The van der Waals surface area contributed by atoms with Gasteiger partial charge in [-0.2, -0.15) is 0 Å². The highest BCUT2D eigenvalue weighted by Crippen LogP contribution is 2.26. The van der Waals surface area contributed by atoms with Gasteiger partial charge in [0.25, 0.3) is 5.91 Å². The van der Waals surface area contributed by atoms with Crippen LogP contribution in [0.15, 0.2) is 48.5 Å². The molecule has 0 heterocycles. The Kier molecular flexibility index (Phi) is 7.35. The van der Waals surface area contributed by atoms with Crippen LogP contribution in [0.5, 0.6) is 5.75 Å². The van der Waals surface area contributed by atoms with Crippen LogP contribution in [0.4, 0.5) is 5.69 Å². The van der Waals surface area contributed by atoms with Gasteiger partial charge in [0, 0.05) is 25.8 Å². The van der Waals surface area contributed by atoms with Gasteiger partial charge < -0.3 is 15.0 Å². The number of carbonyl (C=O) groups excluding carboxylic acids is 1. The van der Waals surface area contributed by atoms with E-state index in [1.165, 1.54) is 29.7 Å². The first-order valence-electron chi connectivity index (χ1n) is 10.5. The van der Waals surface area contributed by atoms with Gasteiger partial charge in [0.2, 0.25) is 0 Å². The Hall–Kier alpha value is -2.49. The third kappa shape index (κ3) is 5.51. The van der Waals surface area contributed by atoms with Crippen molar-refractivity contribution in [3.05, 3.63) is 59.7 Å². The summed E-state index contributed by atoms with van der Waals surface area (Å²) in [5.74, 6) is 0.786. The molecule has 1 N–H and O–H groups in total. The molecule has 1 aliphatic rings. The van der Waals surface area contributed by atoms with Crippen LogP contribution in [0.1, 0.15) is 43.7 Å². The average Bonchev–Trinajstić information content (AvgIpc) is 2.75. The number of hydrogen-bond donors (Lipinski definition) is 1. The van der Waals surface area contributed by atoms with Gasteiger partial charge in [0.1, 0.15) is 5.75 Å². The molecule has 1 amide bonds. The van der Waals surface area contributed by atoms with Gasteiger partial charge in [-0.25, -0.2) is 0 Å². The third-order valence-corrected chi connectivity index (χ3v) is 5.43. The second-order valence-corrected chi connectivity index (χ2v) is 7.55. The summed E-state index contributed by atoms with van der Waals surface area (Å²) in [7, 11) is 2.07. The number of rotatable bonds is 9. The van der Waals surface area contributed by atoms with E-state index in [0.717, 1.165) is 31.6 Å². The van der Waals surface area contributed by atoms with E-state index in [-0.39, 0.29) is 5.91 Å². The van der Waals surface area contributed by atoms with Crippen LogP contribution in [0.25, 0.3) is 0 Å². The fraction of sp³-hybridized carbons (Fsp3) is 0.458. The van der Waals surface area contributed by atoms with E-state index in [9.17, 15) is 4.79 Å². The summed E-state index contributed by atoms with van der Waals surface area (Å²) in [6.45, 7) is 3.54. The molecule has 0 radical (unpaired) electrons. The average molecular weight is 381 g/mol. The minimum absolute atomic E-state index is 0.0254. The van der Waals surface area contributed by atoms with Gasteiger partial charge in [-0.3, -0.25) is 4.79 Å². The molecule has 28 heavy (non-hydrogen) atoms. The van der Waals surface area contributed by atoms with Crippen LogP contribution in [0.3, 0.4) is 0 Å². The summed E-state index contributed by atoms with van der Waals surface area (Å²) < 4.78 is 6.02. The number of amides is 1. The topological polar surface area (TPSA) is 41.6 Å². The molecule has 1 atom stereocenters. The lowest BCUT2D eigenvalue weighted by molar-refractivity contribution is -0.128. The second-order valence-electron chi connectivity index (χ2n) is 7.55. The first kappa shape index (κ1) is 20.2. The largest absolute Gasteiger partial charge is 0.481 e. The lowest BCUT2D eigenvalue weighted by atomic mass is 9.92. The lowest BCUT2D eigenvalue weighted by Gasteiger charge is -2.21. The van der Waals surface area contributed by atoms with Gasteiger partial charge in [-0.15, -0.1) is 0 Å². The molecule has 2 aromatic carbocycles. The monoisotopic (exact) mass is 380 g/mol. The smallest absolute Gasteiger partial charge is 0.261 e. The molecule has 0 bridgehead atoms. The number of para-hydroxylation sites is 1. The molecule has 4 nitrogen and oxygen atoms in total. The Bertz CT molecular complexity index is 760. The molecule has 0 saturated heterocycles. The summed E-state index contributed by atoms with van der Waals surface area (Å²) in [4.78, 5) is 14.7. The molecule has 0 aliphatic heterocycles. The van der Waals surface area contributed by atoms with Crippen molar-refractivity contribution in [2.75, 3.05) is 25.0 Å². The maximum atomic E-state index is 12.5. The highest BCUT2D eigenvalue weighted by molar-refractivity contribution is 5.81. The van der Waals surface area contributed by atoms with E-state index in [0.29, 0.717) is 13.0 Å². The first-order valence-corrected chi connectivity index (χ1v) is 10.5. The zero-order valence-electron chi connectivity index (χ0n) is 17.1. The number of nitrogens with one attached hydrogen (secondary N) is 1. The molecule has 0 spiro atoms. The first-order chi connectivity index (χ1) is 13.7. The Balaban J connectivity index is 1.44.